The van der Waals surface area contributed by atoms with Crippen LogP contribution in [0.1, 0.15) is 37.3 Å². The summed E-state index contributed by atoms with van der Waals surface area (Å²) < 4.78 is 5.81. The number of hydrogen-bond acceptors (Lipinski definition) is 5. The molecular weight excluding hydrogens is 448 g/mol. The number of aryl methyl sites for hydroxylation is 1. The molecule has 0 atom stereocenters. The van der Waals surface area contributed by atoms with Crippen LogP contribution in [0.5, 0.6) is 5.88 Å². The van der Waals surface area contributed by atoms with E-state index in [9.17, 15) is 4.79 Å². The first-order valence-electron chi connectivity index (χ1n) is 13.0. The third kappa shape index (κ3) is 4.97. The molecule has 1 spiro atoms. The number of amides is 1. The normalized spacial score (nSPS) is 17.9. The quantitative estimate of drug-likeness (QED) is 0.472. The van der Waals surface area contributed by atoms with E-state index in [1.165, 1.54) is 5.56 Å². The maximum Gasteiger partial charge on any atom is 0.237 e. The third-order valence-corrected chi connectivity index (χ3v) is 7.74. The molecule has 2 aromatic rings. The molecular formula is C30H40N4O2. The van der Waals surface area contributed by atoms with Gasteiger partial charge in [-0.1, -0.05) is 25.6 Å². The summed E-state index contributed by atoms with van der Waals surface area (Å²) in [5.74, 6) is 0.844. The van der Waals surface area contributed by atoms with Crippen molar-refractivity contribution in [3.05, 3.63) is 66.0 Å². The van der Waals surface area contributed by atoms with E-state index in [0.29, 0.717) is 12.5 Å². The number of piperidine rings is 1. The molecule has 1 aromatic carbocycles. The number of aromatic nitrogens is 1. The minimum Gasteiger partial charge on any atom is -0.478 e. The summed E-state index contributed by atoms with van der Waals surface area (Å²) in [7, 11) is 6.01. The molecule has 6 heteroatoms. The van der Waals surface area contributed by atoms with Crippen molar-refractivity contribution in [2.75, 3.05) is 53.9 Å². The van der Waals surface area contributed by atoms with Gasteiger partial charge in [0.25, 0.3) is 0 Å². The van der Waals surface area contributed by atoms with Gasteiger partial charge >= 0.3 is 0 Å². The van der Waals surface area contributed by atoms with Crippen molar-refractivity contribution in [1.29, 1.82) is 0 Å². The maximum absolute atomic E-state index is 13.7. The lowest BCUT2D eigenvalue weighted by Crippen LogP contribution is -2.45. The standard InChI is InChI=1S/C30H40N4O2/c1-7-26-28(30(29(35)33(26)6)14-17-34(8-2)18-15-30)25-20-23(11-10-22(25)3)24-12-13-27(31-21-24)36-19-9-16-32(4)5/h7,10-13,20-21H,1,8-9,14-19H2,2-6H3. The lowest BCUT2D eigenvalue weighted by atomic mass is 9.69. The Balaban J connectivity index is 1.65. The first-order valence-corrected chi connectivity index (χ1v) is 13.0. The van der Waals surface area contributed by atoms with Crippen LogP contribution in [0.25, 0.3) is 16.7 Å². The fourth-order valence-corrected chi connectivity index (χ4v) is 5.56. The van der Waals surface area contributed by atoms with Crippen LogP contribution in [0, 0.1) is 12.3 Å². The fourth-order valence-electron chi connectivity index (χ4n) is 5.56. The van der Waals surface area contributed by atoms with E-state index >= 15 is 0 Å². The maximum atomic E-state index is 13.7. The lowest BCUT2D eigenvalue weighted by molar-refractivity contribution is -0.135. The summed E-state index contributed by atoms with van der Waals surface area (Å²) in [4.78, 5) is 24.6. The van der Waals surface area contributed by atoms with Crippen LogP contribution in [-0.2, 0) is 4.79 Å². The van der Waals surface area contributed by atoms with Gasteiger partial charge in [-0.15, -0.1) is 0 Å². The van der Waals surface area contributed by atoms with Crippen LogP contribution in [0.3, 0.4) is 0 Å². The number of allylic oxidation sites excluding steroid dienone is 1. The Bertz CT molecular complexity index is 1130. The van der Waals surface area contributed by atoms with E-state index in [1.54, 1.807) is 0 Å². The molecule has 4 rings (SSSR count). The predicted octanol–water partition coefficient (Wildman–Crippen LogP) is 4.86. The van der Waals surface area contributed by atoms with Gasteiger partial charge in [0.05, 0.1) is 12.0 Å². The number of pyridine rings is 1. The summed E-state index contributed by atoms with van der Waals surface area (Å²) >= 11 is 0. The number of likely N-dealkylation sites (tertiary alicyclic amines) is 1. The highest BCUT2D eigenvalue weighted by Crippen LogP contribution is 2.53. The Kier molecular flexibility index (Phi) is 7.96. The van der Waals surface area contributed by atoms with Crippen molar-refractivity contribution in [2.45, 2.75) is 33.1 Å². The smallest absolute Gasteiger partial charge is 0.237 e. The average molecular weight is 489 g/mol. The Hall–Kier alpha value is -2.96. The highest BCUT2D eigenvalue weighted by molar-refractivity contribution is 6.05. The molecule has 6 nitrogen and oxygen atoms in total. The molecule has 2 aliphatic rings. The number of benzene rings is 1. The van der Waals surface area contributed by atoms with Crippen LogP contribution in [-0.4, -0.2) is 79.5 Å². The van der Waals surface area contributed by atoms with Gasteiger partial charge < -0.3 is 19.4 Å². The van der Waals surface area contributed by atoms with Crippen LogP contribution in [0.2, 0.25) is 0 Å². The summed E-state index contributed by atoms with van der Waals surface area (Å²) in [6, 6.07) is 10.5. The van der Waals surface area contributed by atoms with E-state index in [4.69, 9.17) is 4.74 Å². The molecule has 0 aliphatic carbocycles. The van der Waals surface area contributed by atoms with Gasteiger partial charge in [-0.3, -0.25) is 4.79 Å². The molecule has 36 heavy (non-hydrogen) atoms. The van der Waals surface area contributed by atoms with Gasteiger partial charge in [0, 0.05) is 37.1 Å². The Morgan fingerprint density at radius 3 is 2.50 bits per heavy atom. The van der Waals surface area contributed by atoms with Crippen molar-refractivity contribution < 1.29 is 9.53 Å². The van der Waals surface area contributed by atoms with E-state index in [-0.39, 0.29) is 5.91 Å². The van der Waals surface area contributed by atoms with E-state index < -0.39 is 5.41 Å². The number of carbonyl (C=O) groups excluding carboxylic acids is 1. The van der Waals surface area contributed by atoms with Gasteiger partial charge in [0.2, 0.25) is 11.8 Å². The zero-order valence-corrected chi connectivity index (χ0v) is 22.5. The molecule has 2 aliphatic heterocycles. The van der Waals surface area contributed by atoms with Gasteiger partial charge in [-0.25, -0.2) is 4.98 Å². The number of likely N-dealkylation sites (N-methyl/N-ethyl adjacent to an activating group) is 1. The molecule has 192 valence electrons. The van der Waals surface area contributed by atoms with Gasteiger partial charge in [0.15, 0.2) is 0 Å². The van der Waals surface area contributed by atoms with Crippen LogP contribution >= 0.6 is 0 Å². The highest BCUT2D eigenvalue weighted by atomic mass is 16.5. The third-order valence-electron chi connectivity index (χ3n) is 7.74. The molecule has 1 amide bonds. The molecule has 1 saturated heterocycles. The number of ether oxygens (including phenoxy) is 1. The zero-order chi connectivity index (χ0) is 25.9. The van der Waals surface area contributed by atoms with E-state index in [0.717, 1.165) is 73.4 Å². The molecule has 1 aromatic heterocycles. The molecule has 3 heterocycles. The topological polar surface area (TPSA) is 48.9 Å². The number of hydrogen-bond donors (Lipinski definition) is 0. The Morgan fingerprint density at radius 1 is 1.17 bits per heavy atom. The predicted molar refractivity (Wildman–Crippen MR) is 147 cm³/mol. The Labute approximate surface area is 216 Å². The van der Waals surface area contributed by atoms with Crippen molar-refractivity contribution >= 4 is 11.5 Å². The summed E-state index contributed by atoms with van der Waals surface area (Å²) in [5.41, 5.74) is 6.00. The van der Waals surface area contributed by atoms with Crippen LogP contribution in [0.15, 0.2) is 54.9 Å². The van der Waals surface area contributed by atoms with Gasteiger partial charge in [0.1, 0.15) is 0 Å². The van der Waals surface area contributed by atoms with Crippen LogP contribution in [0.4, 0.5) is 0 Å². The molecule has 1 fully saturated rings. The number of nitrogens with zero attached hydrogens (tertiary/aromatic N) is 4. The van der Waals surface area contributed by atoms with Crippen LogP contribution < -0.4 is 4.74 Å². The highest BCUT2D eigenvalue weighted by Gasteiger charge is 2.52. The van der Waals surface area contributed by atoms with Gasteiger partial charge in [-0.05, 0) is 100 Å². The molecule has 0 unspecified atom stereocenters. The largest absolute Gasteiger partial charge is 0.478 e. The number of rotatable bonds is 9. The second-order valence-corrected chi connectivity index (χ2v) is 10.3. The summed E-state index contributed by atoms with van der Waals surface area (Å²) in [6.07, 6.45) is 6.36. The number of carbonyl (C=O) groups is 1. The first kappa shape index (κ1) is 26.1. The lowest BCUT2D eigenvalue weighted by Gasteiger charge is -2.39. The van der Waals surface area contributed by atoms with Crippen molar-refractivity contribution in [2.24, 2.45) is 5.41 Å². The Morgan fingerprint density at radius 2 is 1.89 bits per heavy atom. The van der Waals surface area contributed by atoms with Crippen molar-refractivity contribution in [1.82, 2.24) is 19.7 Å². The van der Waals surface area contributed by atoms with E-state index in [1.807, 2.05) is 30.3 Å². The molecule has 0 radical (unpaired) electrons. The minimum absolute atomic E-state index is 0.199. The van der Waals surface area contributed by atoms with Crippen molar-refractivity contribution in [3.63, 3.8) is 0 Å². The fraction of sp³-hybridized carbons (Fsp3) is 0.467. The second kappa shape index (κ2) is 11.0. The summed E-state index contributed by atoms with van der Waals surface area (Å²) in [5, 5.41) is 0. The SMILES string of the molecule is C=CC1=C(c2cc(-c3ccc(OCCCN(C)C)nc3)ccc2C)C2(CCN(CC)CC2)C(=O)N1C. The monoisotopic (exact) mass is 488 g/mol. The molecule has 0 N–H and O–H groups in total. The molecule has 0 bridgehead atoms. The summed E-state index contributed by atoms with van der Waals surface area (Å²) in [6.45, 7) is 12.9. The van der Waals surface area contributed by atoms with E-state index in [2.05, 4.69) is 73.6 Å². The first-order chi connectivity index (χ1) is 17.3. The zero-order valence-electron chi connectivity index (χ0n) is 22.5. The minimum atomic E-state index is -0.490. The molecule has 0 saturated carbocycles. The average Bonchev–Trinajstić information content (AvgIpc) is 3.09. The van der Waals surface area contributed by atoms with Gasteiger partial charge in [-0.2, -0.15) is 0 Å². The van der Waals surface area contributed by atoms with Crippen molar-refractivity contribution in [3.8, 4) is 17.0 Å². The second-order valence-electron chi connectivity index (χ2n) is 10.3.